The first kappa shape index (κ1) is 20.0. The summed E-state index contributed by atoms with van der Waals surface area (Å²) in [5.41, 5.74) is 5.86. The highest BCUT2D eigenvalue weighted by atomic mass is 79.9. The largest absolute Gasteiger partial charge is 0.305 e. The van der Waals surface area contributed by atoms with E-state index in [1.165, 1.54) is 23.9 Å². The summed E-state index contributed by atoms with van der Waals surface area (Å²) in [6.45, 7) is 0. The molecule has 3 rings (SSSR count). The fourth-order valence-corrected chi connectivity index (χ4v) is 3.23. The van der Waals surface area contributed by atoms with Crippen molar-refractivity contribution in [3.63, 3.8) is 0 Å². The summed E-state index contributed by atoms with van der Waals surface area (Å²) in [5, 5.41) is 8.65. The monoisotopic (exact) mass is 463 g/mol. The molecule has 0 aliphatic carbocycles. The van der Waals surface area contributed by atoms with Gasteiger partial charge in [-0.1, -0.05) is 27.7 Å². The molecule has 0 saturated carbocycles. The van der Waals surface area contributed by atoms with Gasteiger partial charge in [-0.3, -0.25) is 20.4 Å². The Labute approximate surface area is 172 Å². The van der Waals surface area contributed by atoms with Crippen LogP contribution in [-0.2, 0) is 11.8 Å². The molecule has 2 amide bonds. The number of benzene rings is 2. The van der Waals surface area contributed by atoms with Crippen LogP contribution in [0.5, 0.6) is 0 Å². The molecule has 0 aliphatic rings. The molecule has 0 spiro atoms. The summed E-state index contributed by atoms with van der Waals surface area (Å²) < 4.78 is 15.6. The van der Waals surface area contributed by atoms with Crippen LogP contribution in [-0.4, -0.2) is 32.3 Å². The van der Waals surface area contributed by atoms with Crippen molar-refractivity contribution in [1.29, 1.82) is 0 Å². The molecule has 2 N–H and O–H groups in total. The maximum Gasteiger partial charge on any atom is 0.269 e. The van der Waals surface area contributed by atoms with Crippen LogP contribution in [0.4, 0.5) is 4.39 Å². The first-order chi connectivity index (χ1) is 13.4. The van der Waals surface area contributed by atoms with Crippen molar-refractivity contribution >= 4 is 39.5 Å². The first-order valence-electron chi connectivity index (χ1n) is 8.07. The lowest BCUT2D eigenvalue weighted by molar-refractivity contribution is -0.119. The predicted octanol–water partition coefficient (Wildman–Crippen LogP) is 2.94. The van der Waals surface area contributed by atoms with Crippen molar-refractivity contribution in [1.82, 2.24) is 25.6 Å². The van der Waals surface area contributed by atoms with Crippen LogP contribution in [0.3, 0.4) is 0 Å². The van der Waals surface area contributed by atoms with E-state index in [0.717, 1.165) is 10.0 Å². The molecule has 0 unspecified atom stereocenters. The third kappa shape index (κ3) is 4.96. The summed E-state index contributed by atoms with van der Waals surface area (Å²) in [4.78, 5) is 24.0. The second-order valence-corrected chi connectivity index (χ2v) is 7.53. The molecule has 0 bridgehead atoms. The van der Waals surface area contributed by atoms with Gasteiger partial charge in [0.15, 0.2) is 11.0 Å². The highest BCUT2D eigenvalue weighted by Crippen LogP contribution is 2.22. The Balaban J connectivity index is 1.53. The van der Waals surface area contributed by atoms with Gasteiger partial charge in [0.05, 0.1) is 5.75 Å². The molecule has 0 saturated heterocycles. The number of amides is 2. The number of hydrogen-bond acceptors (Lipinski definition) is 5. The van der Waals surface area contributed by atoms with Gasteiger partial charge in [-0.15, -0.1) is 10.2 Å². The van der Waals surface area contributed by atoms with Crippen LogP contribution in [0.15, 0.2) is 58.2 Å². The number of aromatic nitrogens is 3. The molecule has 1 heterocycles. The lowest BCUT2D eigenvalue weighted by Gasteiger charge is -2.07. The van der Waals surface area contributed by atoms with E-state index < -0.39 is 5.91 Å². The highest BCUT2D eigenvalue weighted by Gasteiger charge is 2.13. The normalized spacial score (nSPS) is 10.5. The molecule has 7 nitrogen and oxygen atoms in total. The number of carbonyl (C=O) groups is 2. The number of rotatable bonds is 5. The van der Waals surface area contributed by atoms with E-state index in [4.69, 9.17) is 0 Å². The zero-order chi connectivity index (χ0) is 20.1. The third-order valence-corrected chi connectivity index (χ3v) is 5.24. The van der Waals surface area contributed by atoms with E-state index in [9.17, 15) is 14.0 Å². The predicted molar refractivity (Wildman–Crippen MR) is 107 cm³/mol. The van der Waals surface area contributed by atoms with Crippen molar-refractivity contribution in [3.05, 3.63) is 64.4 Å². The Hall–Kier alpha value is -2.72. The average molecular weight is 464 g/mol. The number of halogens is 2. The van der Waals surface area contributed by atoms with Crippen molar-refractivity contribution < 1.29 is 14.0 Å². The molecule has 0 fully saturated rings. The van der Waals surface area contributed by atoms with Crippen molar-refractivity contribution in [2.75, 3.05) is 5.75 Å². The molecular formula is C18H15BrFN5O2S. The van der Waals surface area contributed by atoms with Crippen LogP contribution >= 0.6 is 27.7 Å². The van der Waals surface area contributed by atoms with Gasteiger partial charge in [-0.05, 0) is 48.5 Å². The Morgan fingerprint density at radius 1 is 1.07 bits per heavy atom. The Morgan fingerprint density at radius 3 is 2.43 bits per heavy atom. The highest BCUT2D eigenvalue weighted by molar-refractivity contribution is 9.10. The Bertz CT molecular complexity index is 992. The number of hydrazine groups is 1. The van der Waals surface area contributed by atoms with E-state index in [0.29, 0.717) is 16.5 Å². The summed E-state index contributed by atoms with van der Waals surface area (Å²) in [7, 11) is 1.76. The van der Waals surface area contributed by atoms with Gasteiger partial charge < -0.3 is 4.57 Å². The topological polar surface area (TPSA) is 88.9 Å². The maximum absolute atomic E-state index is 13.0. The quantitative estimate of drug-likeness (QED) is 0.448. The van der Waals surface area contributed by atoms with E-state index in [-0.39, 0.29) is 17.5 Å². The van der Waals surface area contributed by atoms with Gasteiger partial charge in [0, 0.05) is 22.6 Å². The number of thioether (sulfide) groups is 1. The maximum atomic E-state index is 13.0. The van der Waals surface area contributed by atoms with Crippen LogP contribution in [0.2, 0.25) is 0 Å². The van der Waals surface area contributed by atoms with Crippen LogP contribution < -0.4 is 10.9 Å². The number of nitrogens with zero attached hydrogens (tertiary/aromatic N) is 3. The van der Waals surface area contributed by atoms with Crippen molar-refractivity contribution in [2.45, 2.75) is 5.16 Å². The van der Waals surface area contributed by atoms with Gasteiger partial charge >= 0.3 is 0 Å². The second-order valence-electron chi connectivity index (χ2n) is 5.67. The smallest absolute Gasteiger partial charge is 0.269 e. The van der Waals surface area contributed by atoms with Crippen molar-refractivity contribution in [3.8, 4) is 11.4 Å². The molecule has 3 aromatic rings. The van der Waals surface area contributed by atoms with E-state index >= 15 is 0 Å². The number of hydrogen-bond donors (Lipinski definition) is 2. The van der Waals surface area contributed by atoms with Gasteiger partial charge in [-0.25, -0.2) is 4.39 Å². The average Bonchev–Trinajstić information content (AvgIpc) is 3.06. The lowest BCUT2D eigenvalue weighted by atomic mass is 10.2. The lowest BCUT2D eigenvalue weighted by Crippen LogP contribution is -2.42. The SMILES string of the molecule is Cn1c(SCC(=O)NNC(=O)c2ccc(Br)cc2)nnc1-c1ccc(F)cc1. The van der Waals surface area contributed by atoms with Gasteiger partial charge in [-0.2, -0.15) is 0 Å². The van der Waals surface area contributed by atoms with Gasteiger partial charge in [0.25, 0.3) is 5.91 Å². The number of nitrogens with one attached hydrogen (secondary N) is 2. The zero-order valence-corrected chi connectivity index (χ0v) is 17.1. The molecule has 1 aromatic heterocycles. The van der Waals surface area contributed by atoms with Gasteiger partial charge in [0.1, 0.15) is 5.82 Å². The molecule has 0 aliphatic heterocycles. The van der Waals surface area contributed by atoms with E-state index in [1.807, 2.05) is 0 Å². The fraction of sp³-hybridized carbons (Fsp3) is 0.111. The summed E-state index contributed by atoms with van der Waals surface area (Å²) in [6, 6.07) is 12.7. The Morgan fingerprint density at radius 2 is 1.75 bits per heavy atom. The minimum absolute atomic E-state index is 0.0377. The fourth-order valence-electron chi connectivity index (χ4n) is 2.26. The number of carbonyl (C=O) groups excluding carboxylic acids is 2. The van der Waals surface area contributed by atoms with E-state index in [1.54, 1.807) is 48.0 Å². The standard InChI is InChI=1S/C18H15BrFN5O2S/c1-25-16(11-4-8-14(20)9-5-11)22-24-18(25)28-10-15(26)21-23-17(27)12-2-6-13(19)7-3-12/h2-9H,10H2,1H3,(H,21,26)(H,23,27). The van der Waals surface area contributed by atoms with Crippen LogP contribution in [0, 0.1) is 5.82 Å². The minimum atomic E-state index is -0.414. The third-order valence-electron chi connectivity index (χ3n) is 3.69. The zero-order valence-electron chi connectivity index (χ0n) is 14.6. The molecule has 10 heteroatoms. The molecule has 0 atom stereocenters. The minimum Gasteiger partial charge on any atom is -0.305 e. The first-order valence-corrected chi connectivity index (χ1v) is 9.85. The molecule has 0 radical (unpaired) electrons. The van der Waals surface area contributed by atoms with Gasteiger partial charge in [0.2, 0.25) is 5.91 Å². The molecular weight excluding hydrogens is 449 g/mol. The van der Waals surface area contributed by atoms with Crippen LogP contribution in [0.25, 0.3) is 11.4 Å². The summed E-state index contributed by atoms with van der Waals surface area (Å²) in [6.07, 6.45) is 0. The van der Waals surface area contributed by atoms with Crippen LogP contribution in [0.1, 0.15) is 10.4 Å². The molecule has 2 aromatic carbocycles. The molecule has 28 heavy (non-hydrogen) atoms. The molecule has 144 valence electrons. The van der Waals surface area contributed by atoms with Crippen molar-refractivity contribution in [2.24, 2.45) is 7.05 Å². The second kappa shape index (κ2) is 8.98. The summed E-state index contributed by atoms with van der Waals surface area (Å²) in [5.74, 6) is -0.533. The summed E-state index contributed by atoms with van der Waals surface area (Å²) >= 11 is 4.46. The van der Waals surface area contributed by atoms with E-state index in [2.05, 4.69) is 37.0 Å². The Kier molecular flexibility index (Phi) is 6.42.